The van der Waals surface area contributed by atoms with Gasteiger partial charge < -0.3 is 14.3 Å². The Kier molecular flexibility index (Phi) is 8.93. The van der Waals surface area contributed by atoms with Crippen LogP contribution in [0.5, 0.6) is 5.75 Å². The van der Waals surface area contributed by atoms with Crippen molar-refractivity contribution in [3.05, 3.63) is 58.6 Å². The Balaban J connectivity index is 1.98. The molecule has 2 aromatic carbocycles. The number of benzene rings is 2. The standard InChI is InChI=1S/C26H35ClF2O5SSi/c1-26(2,3)36(4,5)34-19(14-15-30)9-6-17-16-33-24-22(29)13-12-21(28)23(24)25(17)35(31,32)20-10-7-18(27)8-11-20/h7-8,10-13,17,19,25,30H,6,9,14-16H2,1-5H3/t17-,19?,25+/m0/s1. The second kappa shape index (κ2) is 11.1. The third-order valence-corrected chi connectivity index (χ3v) is 14.3. The van der Waals surface area contributed by atoms with Crippen molar-refractivity contribution in [1.82, 2.24) is 0 Å². The van der Waals surface area contributed by atoms with E-state index in [0.29, 0.717) is 24.3 Å². The average molecular weight is 561 g/mol. The van der Waals surface area contributed by atoms with Gasteiger partial charge in [0.1, 0.15) is 11.1 Å². The van der Waals surface area contributed by atoms with Gasteiger partial charge in [-0.25, -0.2) is 17.2 Å². The number of rotatable bonds is 9. The van der Waals surface area contributed by atoms with Crippen molar-refractivity contribution in [2.75, 3.05) is 13.2 Å². The van der Waals surface area contributed by atoms with E-state index in [1.807, 2.05) is 0 Å². The minimum Gasteiger partial charge on any atom is -0.490 e. The highest BCUT2D eigenvalue weighted by atomic mass is 35.5. The molecule has 1 aliphatic rings. The van der Waals surface area contributed by atoms with E-state index in [2.05, 4.69) is 33.9 Å². The molecule has 1 aliphatic heterocycles. The number of ether oxygens (including phenoxy) is 1. The maximum absolute atomic E-state index is 15.1. The Morgan fingerprint density at radius 2 is 1.72 bits per heavy atom. The van der Waals surface area contributed by atoms with Gasteiger partial charge in [0, 0.05) is 23.7 Å². The number of hydrogen-bond donors (Lipinski definition) is 1. The monoisotopic (exact) mass is 560 g/mol. The van der Waals surface area contributed by atoms with Gasteiger partial charge in [0.15, 0.2) is 29.7 Å². The van der Waals surface area contributed by atoms with Crippen molar-refractivity contribution in [1.29, 1.82) is 0 Å². The van der Waals surface area contributed by atoms with Crippen LogP contribution < -0.4 is 4.74 Å². The molecule has 36 heavy (non-hydrogen) atoms. The summed E-state index contributed by atoms with van der Waals surface area (Å²) in [6, 6.07) is 7.52. The minimum atomic E-state index is -4.13. The maximum Gasteiger partial charge on any atom is 0.192 e. The molecule has 5 nitrogen and oxygen atoms in total. The summed E-state index contributed by atoms with van der Waals surface area (Å²) in [5.74, 6) is -2.65. The third kappa shape index (κ3) is 6.13. The van der Waals surface area contributed by atoms with Crippen LogP contribution in [-0.4, -0.2) is 41.2 Å². The summed E-state index contributed by atoms with van der Waals surface area (Å²) in [5.41, 5.74) is -0.287. The van der Waals surface area contributed by atoms with E-state index in [4.69, 9.17) is 20.8 Å². The average Bonchev–Trinajstić information content (AvgIpc) is 2.79. The molecule has 200 valence electrons. The molecule has 1 unspecified atom stereocenters. The van der Waals surface area contributed by atoms with Crippen LogP contribution in [0, 0.1) is 17.6 Å². The number of halogens is 3. The molecule has 0 bridgehead atoms. The van der Waals surface area contributed by atoms with Crippen LogP contribution in [0.2, 0.25) is 23.2 Å². The largest absolute Gasteiger partial charge is 0.490 e. The molecule has 3 atom stereocenters. The molecular weight excluding hydrogens is 526 g/mol. The highest BCUT2D eigenvalue weighted by molar-refractivity contribution is 7.91. The van der Waals surface area contributed by atoms with Gasteiger partial charge in [-0.3, -0.25) is 0 Å². The van der Waals surface area contributed by atoms with E-state index in [1.165, 1.54) is 24.3 Å². The Morgan fingerprint density at radius 1 is 1.11 bits per heavy atom. The fourth-order valence-corrected chi connectivity index (χ4v) is 7.90. The van der Waals surface area contributed by atoms with Crippen molar-refractivity contribution in [2.24, 2.45) is 5.92 Å². The van der Waals surface area contributed by atoms with Gasteiger partial charge in [-0.1, -0.05) is 32.4 Å². The molecule has 0 fully saturated rings. The van der Waals surface area contributed by atoms with Gasteiger partial charge in [-0.15, -0.1) is 0 Å². The zero-order valence-corrected chi connectivity index (χ0v) is 23.9. The molecular formula is C26H35ClF2O5SSi. The van der Waals surface area contributed by atoms with Crippen molar-refractivity contribution >= 4 is 29.8 Å². The first-order chi connectivity index (χ1) is 16.7. The van der Waals surface area contributed by atoms with Crippen LogP contribution in [0.15, 0.2) is 41.3 Å². The molecule has 0 saturated carbocycles. The van der Waals surface area contributed by atoms with E-state index >= 15 is 4.39 Å². The summed E-state index contributed by atoms with van der Waals surface area (Å²) >= 11 is 5.95. The predicted molar refractivity (Wildman–Crippen MR) is 140 cm³/mol. The highest BCUT2D eigenvalue weighted by Gasteiger charge is 2.45. The molecule has 0 amide bonds. The lowest BCUT2D eigenvalue weighted by molar-refractivity contribution is 0.114. The van der Waals surface area contributed by atoms with Gasteiger partial charge in [0.25, 0.3) is 0 Å². The first kappa shape index (κ1) is 29.0. The molecule has 1 N–H and O–H groups in total. The molecule has 0 aliphatic carbocycles. The maximum atomic E-state index is 15.1. The van der Waals surface area contributed by atoms with E-state index in [0.717, 1.165) is 12.1 Å². The SMILES string of the molecule is CC(C)(C)[Si](C)(C)OC(CCO)CC[C@H]1COc2c(F)ccc(F)c2[C@@H]1S(=O)(=O)c1ccc(Cl)cc1. The van der Waals surface area contributed by atoms with Gasteiger partial charge in [0.05, 0.1) is 17.1 Å². The number of sulfone groups is 1. The molecule has 0 saturated heterocycles. The van der Waals surface area contributed by atoms with Crippen molar-refractivity contribution in [2.45, 2.75) is 74.4 Å². The van der Waals surface area contributed by atoms with Crippen LogP contribution >= 0.6 is 11.6 Å². The molecule has 0 aromatic heterocycles. The van der Waals surface area contributed by atoms with Crippen LogP contribution in [0.4, 0.5) is 8.78 Å². The lowest BCUT2D eigenvalue weighted by Gasteiger charge is -2.40. The Bertz CT molecular complexity index is 1170. The smallest absolute Gasteiger partial charge is 0.192 e. The van der Waals surface area contributed by atoms with Crippen LogP contribution in [-0.2, 0) is 14.3 Å². The van der Waals surface area contributed by atoms with Gasteiger partial charge in [-0.05, 0) is 73.8 Å². The Labute approximate surface area is 218 Å². The summed E-state index contributed by atoms with van der Waals surface area (Å²) in [5, 5.41) is 8.61. The lowest BCUT2D eigenvalue weighted by atomic mass is 9.90. The summed E-state index contributed by atoms with van der Waals surface area (Å²) in [7, 11) is -6.29. The van der Waals surface area contributed by atoms with Crippen LogP contribution in [0.25, 0.3) is 0 Å². The van der Waals surface area contributed by atoms with E-state index in [9.17, 15) is 17.9 Å². The minimum absolute atomic E-state index is 0.0251. The Hall–Kier alpha value is -1.52. The number of aliphatic hydroxyl groups excluding tert-OH is 1. The molecule has 0 spiro atoms. The fraction of sp³-hybridized carbons (Fsp3) is 0.538. The molecule has 2 aromatic rings. The zero-order valence-electron chi connectivity index (χ0n) is 21.4. The van der Waals surface area contributed by atoms with E-state index in [-0.39, 0.29) is 40.6 Å². The van der Waals surface area contributed by atoms with E-state index in [1.54, 1.807) is 0 Å². The summed E-state index contributed by atoms with van der Waals surface area (Å²) in [6.07, 6.45) is 0.869. The zero-order chi connectivity index (χ0) is 26.9. The first-order valence-electron chi connectivity index (χ1n) is 12.1. The summed E-state index contributed by atoms with van der Waals surface area (Å²) in [4.78, 5) is -0.0251. The summed E-state index contributed by atoms with van der Waals surface area (Å²) < 4.78 is 69.4. The third-order valence-electron chi connectivity index (χ3n) is 7.30. The second-order valence-electron chi connectivity index (χ2n) is 10.9. The highest BCUT2D eigenvalue weighted by Crippen LogP contribution is 2.47. The summed E-state index contributed by atoms with van der Waals surface area (Å²) in [6.45, 7) is 10.4. The van der Waals surface area contributed by atoms with Gasteiger partial charge in [-0.2, -0.15) is 0 Å². The molecule has 10 heteroatoms. The predicted octanol–water partition coefficient (Wildman–Crippen LogP) is 6.69. The van der Waals surface area contributed by atoms with Crippen molar-refractivity contribution in [3.63, 3.8) is 0 Å². The quantitative estimate of drug-likeness (QED) is 0.346. The number of aliphatic hydroxyl groups is 1. The van der Waals surface area contributed by atoms with Gasteiger partial charge >= 0.3 is 0 Å². The first-order valence-corrected chi connectivity index (χ1v) is 16.9. The Morgan fingerprint density at radius 3 is 2.31 bits per heavy atom. The number of fused-ring (bicyclic) bond motifs is 1. The lowest BCUT2D eigenvalue weighted by Crippen LogP contribution is -2.44. The van der Waals surface area contributed by atoms with Crippen molar-refractivity contribution < 1.29 is 31.5 Å². The molecule has 3 rings (SSSR count). The number of hydrogen-bond acceptors (Lipinski definition) is 5. The fourth-order valence-electron chi connectivity index (χ4n) is 4.29. The topological polar surface area (TPSA) is 72.8 Å². The normalized spacial score (nSPS) is 19.5. The molecule has 0 radical (unpaired) electrons. The van der Waals surface area contributed by atoms with Gasteiger partial charge in [0.2, 0.25) is 0 Å². The molecule has 1 heterocycles. The van der Waals surface area contributed by atoms with Crippen molar-refractivity contribution in [3.8, 4) is 5.75 Å². The van der Waals surface area contributed by atoms with E-state index < -0.39 is 41.0 Å². The van der Waals surface area contributed by atoms with Crippen LogP contribution in [0.3, 0.4) is 0 Å². The second-order valence-corrected chi connectivity index (χ2v) is 18.1. The van der Waals surface area contributed by atoms with Crippen LogP contribution in [0.1, 0.15) is 50.8 Å².